The molecule has 90 valence electrons. The third-order valence-corrected chi connectivity index (χ3v) is 2.97. The highest BCUT2D eigenvalue weighted by Gasteiger charge is 2.20. The maximum absolute atomic E-state index is 11.7. The van der Waals surface area contributed by atoms with Gasteiger partial charge in [0, 0.05) is 25.0 Å². The monoisotopic (exact) mass is 240 g/mol. The van der Waals surface area contributed by atoms with E-state index in [0.717, 1.165) is 24.1 Å². The molecule has 0 bridgehead atoms. The number of rotatable bonds is 1. The normalized spacial score (nSPS) is 14.4. The van der Waals surface area contributed by atoms with Gasteiger partial charge in [0.15, 0.2) is 17.4 Å². The minimum absolute atomic E-state index is 0.132. The Labute approximate surface area is 104 Å². The molecule has 0 aromatic carbocycles. The zero-order valence-electron chi connectivity index (χ0n) is 10.1. The number of fused-ring (bicyclic) bond motifs is 1. The highest BCUT2D eigenvalue weighted by molar-refractivity contribution is 5.97. The topological polar surface area (TPSA) is 68.6 Å². The fourth-order valence-corrected chi connectivity index (χ4v) is 2.01. The van der Waals surface area contributed by atoms with Crippen LogP contribution in [0, 0.1) is 6.92 Å². The van der Waals surface area contributed by atoms with Gasteiger partial charge < -0.3 is 0 Å². The summed E-state index contributed by atoms with van der Waals surface area (Å²) in [5.41, 5.74) is 2.46. The molecule has 5 nitrogen and oxygen atoms in total. The highest BCUT2D eigenvalue weighted by atomic mass is 16.1. The lowest BCUT2D eigenvalue weighted by Crippen LogP contribution is -2.14. The summed E-state index contributed by atoms with van der Waals surface area (Å²) in [6.45, 7) is 1.93. The van der Waals surface area contributed by atoms with Crippen LogP contribution in [-0.2, 0) is 6.42 Å². The van der Waals surface area contributed by atoms with Gasteiger partial charge in [-0.2, -0.15) is 0 Å². The second-order valence-electron chi connectivity index (χ2n) is 4.41. The molecule has 2 heterocycles. The molecule has 0 saturated carbocycles. The van der Waals surface area contributed by atoms with Crippen molar-refractivity contribution in [1.29, 1.82) is 0 Å². The van der Waals surface area contributed by atoms with Gasteiger partial charge in [-0.05, 0) is 25.3 Å². The maximum Gasteiger partial charge on any atom is 0.197 e. The van der Waals surface area contributed by atoms with Crippen molar-refractivity contribution in [1.82, 2.24) is 19.9 Å². The SMILES string of the molecule is Cc1cnc(-c2ncc3c(n2)CCCC3=O)nc1. The first-order valence-electron chi connectivity index (χ1n) is 5.92. The summed E-state index contributed by atoms with van der Waals surface area (Å²) in [7, 11) is 0. The van der Waals surface area contributed by atoms with Gasteiger partial charge in [-0.15, -0.1) is 0 Å². The van der Waals surface area contributed by atoms with Crippen molar-refractivity contribution >= 4 is 5.78 Å². The van der Waals surface area contributed by atoms with E-state index in [1.807, 2.05) is 6.92 Å². The summed E-state index contributed by atoms with van der Waals surface area (Å²) in [6.07, 6.45) is 7.34. The third-order valence-electron chi connectivity index (χ3n) is 2.97. The maximum atomic E-state index is 11.7. The number of carbonyl (C=O) groups excluding carboxylic acids is 1. The lowest BCUT2D eigenvalue weighted by atomic mass is 9.96. The molecule has 2 aromatic heterocycles. The first-order chi connectivity index (χ1) is 8.74. The number of hydrogen-bond acceptors (Lipinski definition) is 5. The Hall–Kier alpha value is -2.17. The molecule has 0 unspecified atom stereocenters. The standard InChI is InChI=1S/C13H12N4O/c1-8-5-14-12(15-6-8)13-16-7-9-10(17-13)3-2-4-11(9)18/h5-7H,2-4H2,1H3. The summed E-state index contributed by atoms with van der Waals surface area (Å²) >= 11 is 0. The van der Waals surface area contributed by atoms with Crippen molar-refractivity contribution < 1.29 is 4.79 Å². The number of carbonyl (C=O) groups is 1. The summed E-state index contributed by atoms with van der Waals surface area (Å²) in [5, 5.41) is 0. The van der Waals surface area contributed by atoms with E-state index < -0.39 is 0 Å². The van der Waals surface area contributed by atoms with Crippen molar-refractivity contribution in [2.75, 3.05) is 0 Å². The molecule has 0 spiro atoms. The molecule has 1 aliphatic carbocycles. The minimum atomic E-state index is 0.132. The summed E-state index contributed by atoms with van der Waals surface area (Å²) in [5.74, 6) is 1.12. The number of aryl methyl sites for hydroxylation is 2. The van der Waals surface area contributed by atoms with Gasteiger partial charge in [-0.3, -0.25) is 4.79 Å². The number of Topliss-reactive ketones (excluding diaryl/α,β-unsaturated/α-hetero) is 1. The quantitative estimate of drug-likeness (QED) is 0.759. The Kier molecular flexibility index (Phi) is 2.59. The molecule has 0 atom stereocenters. The molecule has 18 heavy (non-hydrogen) atoms. The predicted molar refractivity (Wildman–Crippen MR) is 65.1 cm³/mol. The van der Waals surface area contributed by atoms with E-state index in [9.17, 15) is 4.79 Å². The van der Waals surface area contributed by atoms with Gasteiger partial charge in [0.25, 0.3) is 0 Å². The highest BCUT2D eigenvalue weighted by Crippen LogP contribution is 2.20. The minimum Gasteiger partial charge on any atom is -0.294 e. The van der Waals surface area contributed by atoms with E-state index in [1.165, 1.54) is 0 Å². The van der Waals surface area contributed by atoms with Crippen LogP contribution >= 0.6 is 0 Å². The molecule has 0 saturated heterocycles. The van der Waals surface area contributed by atoms with Crippen molar-refractivity contribution in [3.63, 3.8) is 0 Å². The smallest absolute Gasteiger partial charge is 0.197 e. The zero-order valence-corrected chi connectivity index (χ0v) is 10.1. The van der Waals surface area contributed by atoms with Crippen LogP contribution in [0.2, 0.25) is 0 Å². The lowest BCUT2D eigenvalue weighted by molar-refractivity contribution is 0.0971. The van der Waals surface area contributed by atoms with Crippen LogP contribution in [0.5, 0.6) is 0 Å². The predicted octanol–water partition coefficient (Wildman–Crippen LogP) is 1.76. The summed E-state index contributed by atoms with van der Waals surface area (Å²) in [4.78, 5) is 28.6. The van der Waals surface area contributed by atoms with Crippen LogP contribution in [-0.4, -0.2) is 25.7 Å². The van der Waals surface area contributed by atoms with Gasteiger partial charge in [0.05, 0.1) is 11.3 Å². The average molecular weight is 240 g/mol. The molecule has 1 aliphatic rings. The zero-order chi connectivity index (χ0) is 12.5. The van der Waals surface area contributed by atoms with Crippen LogP contribution in [0.15, 0.2) is 18.6 Å². The van der Waals surface area contributed by atoms with Crippen molar-refractivity contribution in [2.45, 2.75) is 26.2 Å². The van der Waals surface area contributed by atoms with Gasteiger partial charge >= 0.3 is 0 Å². The molecule has 0 radical (unpaired) electrons. The van der Waals surface area contributed by atoms with E-state index in [1.54, 1.807) is 18.6 Å². The fourth-order valence-electron chi connectivity index (χ4n) is 2.01. The Morgan fingerprint density at radius 1 is 1.00 bits per heavy atom. The number of hydrogen-bond donors (Lipinski definition) is 0. The fraction of sp³-hybridized carbons (Fsp3) is 0.308. The second kappa shape index (κ2) is 4.25. The van der Waals surface area contributed by atoms with Crippen LogP contribution in [0.1, 0.15) is 34.5 Å². The number of nitrogens with zero attached hydrogens (tertiary/aromatic N) is 4. The van der Waals surface area contributed by atoms with E-state index >= 15 is 0 Å². The number of ketones is 1. The molecular formula is C13H12N4O. The second-order valence-corrected chi connectivity index (χ2v) is 4.41. The molecular weight excluding hydrogens is 228 g/mol. The Bertz CT molecular complexity index is 607. The van der Waals surface area contributed by atoms with Crippen LogP contribution in [0.25, 0.3) is 11.6 Å². The van der Waals surface area contributed by atoms with Crippen molar-refractivity contribution in [3.8, 4) is 11.6 Å². The van der Waals surface area contributed by atoms with E-state index in [2.05, 4.69) is 19.9 Å². The summed E-state index contributed by atoms with van der Waals surface area (Å²) < 4.78 is 0. The van der Waals surface area contributed by atoms with Gasteiger partial charge in [-0.1, -0.05) is 0 Å². The van der Waals surface area contributed by atoms with Gasteiger partial charge in [-0.25, -0.2) is 19.9 Å². The molecule has 5 heteroatoms. The average Bonchev–Trinajstić information content (AvgIpc) is 2.39. The van der Waals surface area contributed by atoms with Crippen LogP contribution < -0.4 is 0 Å². The molecule has 0 amide bonds. The first-order valence-corrected chi connectivity index (χ1v) is 5.92. The Balaban J connectivity index is 2.04. The lowest BCUT2D eigenvalue weighted by Gasteiger charge is -2.13. The Morgan fingerprint density at radius 2 is 1.72 bits per heavy atom. The first kappa shape index (κ1) is 11.0. The molecule has 0 aliphatic heterocycles. The molecule has 3 rings (SSSR count). The number of aromatic nitrogens is 4. The molecule has 0 N–H and O–H groups in total. The molecule has 0 fully saturated rings. The molecule has 2 aromatic rings. The van der Waals surface area contributed by atoms with E-state index in [0.29, 0.717) is 23.6 Å². The van der Waals surface area contributed by atoms with Gasteiger partial charge in [0.2, 0.25) is 0 Å². The third kappa shape index (κ3) is 1.88. The Morgan fingerprint density at radius 3 is 2.50 bits per heavy atom. The summed E-state index contributed by atoms with van der Waals surface area (Å²) in [6, 6.07) is 0. The van der Waals surface area contributed by atoms with E-state index in [-0.39, 0.29) is 5.78 Å². The van der Waals surface area contributed by atoms with Crippen LogP contribution in [0.4, 0.5) is 0 Å². The van der Waals surface area contributed by atoms with Gasteiger partial charge in [0.1, 0.15) is 0 Å². The van der Waals surface area contributed by atoms with Crippen LogP contribution in [0.3, 0.4) is 0 Å². The van der Waals surface area contributed by atoms with Crippen molar-refractivity contribution in [2.24, 2.45) is 0 Å². The largest absolute Gasteiger partial charge is 0.294 e. The van der Waals surface area contributed by atoms with E-state index in [4.69, 9.17) is 0 Å². The van der Waals surface area contributed by atoms with Crippen molar-refractivity contribution in [3.05, 3.63) is 35.4 Å².